The third-order valence-corrected chi connectivity index (χ3v) is 8.77. The average molecular weight is 500 g/mol. The Bertz CT molecular complexity index is 963. The van der Waals surface area contributed by atoms with Gasteiger partial charge in [0.15, 0.2) is 10.9 Å². The van der Waals surface area contributed by atoms with E-state index in [9.17, 15) is 4.79 Å². The van der Waals surface area contributed by atoms with E-state index in [1.165, 1.54) is 68.6 Å². The van der Waals surface area contributed by atoms with Gasteiger partial charge in [0, 0.05) is 22.4 Å². The van der Waals surface area contributed by atoms with Crippen LogP contribution < -0.4 is 5.73 Å². The number of hydrogen-bond donors (Lipinski definition) is 1. The van der Waals surface area contributed by atoms with Crippen molar-refractivity contribution in [3.05, 3.63) is 51.5 Å². The number of nitrogens with zero attached hydrogens (tertiary/aromatic N) is 2. The van der Waals surface area contributed by atoms with Gasteiger partial charge in [-0.05, 0) is 93.6 Å². The van der Waals surface area contributed by atoms with E-state index < -0.39 is 0 Å². The number of benzene rings is 1. The summed E-state index contributed by atoms with van der Waals surface area (Å²) in [5, 5.41) is 1.44. The molecule has 2 aromatic rings. The highest BCUT2D eigenvalue weighted by Crippen LogP contribution is 2.34. The molecule has 4 nitrogen and oxygen atoms in total. The number of carbonyl (C=O) groups excluding carboxylic acids is 1. The molecule has 1 saturated carbocycles. The largest absolute Gasteiger partial charge is 0.375 e. The SMILES string of the molecule is CCCN(CCC1CCC(CC(=O)C=Cc2ccc(Cl)cc2)CC1)C1CCc2nc(N)sc2C1. The molecule has 2 aliphatic carbocycles. The zero-order valence-corrected chi connectivity index (χ0v) is 21.9. The third kappa shape index (κ3) is 7.16. The summed E-state index contributed by atoms with van der Waals surface area (Å²) in [4.78, 5) is 21.1. The highest BCUT2D eigenvalue weighted by Gasteiger charge is 2.28. The van der Waals surface area contributed by atoms with E-state index in [2.05, 4.69) is 16.8 Å². The Labute approximate surface area is 213 Å². The number of halogens is 1. The first-order valence-electron chi connectivity index (χ1n) is 12.9. The molecule has 1 heterocycles. The second-order valence-corrected chi connectivity index (χ2v) is 11.6. The number of anilines is 1. The first-order valence-corrected chi connectivity index (χ1v) is 14.1. The molecule has 2 N–H and O–H groups in total. The van der Waals surface area contributed by atoms with Crippen LogP contribution in [0.4, 0.5) is 5.13 Å². The second-order valence-electron chi connectivity index (χ2n) is 10.1. The highest BCUT2D eigenvalue weighted by atomic mass is 35.5. The van der Waals surface area contributed by atoms with Crippen LogP contribution in [0.25, 0.3) is 6.08 Å². The fourth-order valence-electron chi connectivity index (χ4n) is 5.64. The molecule has 0 aliphatic heterocycles. The van der Waals surface area contributed by atoms with Gasteiger partial charge in [0.2, 0.25) is 0 Å². The maximum absolute atomic E-state index is 12.5. The summed E-state index contributed by atoms with van der Waals surface area (Å²) in [6, 6.07) is 8.23. The lowest BCUT2D eigenvalue weighted by Gasteiger charge is -2.36. The molecule has 184 valence electrons. The number of carbonyl (C=O) groups is 1. The van der Waals surface area contributed by atoms with E-state index >= 15 is 0 Å². The van der Waals surface area contributed by atoms with Gasteiger partial charge in [0.1, 0.15) is 0 Å². The van der Waals surface area contributed by atoms with Gasteiger partial charge in [-0.25, -0.2) is 4.98 Å². The standard InChI is InChI=1S/C28H38ClN3OS/c1-2-16-32(24-12-14-26-27(19-24)34-28(30)31-26)17-15-21-3-5-22(6-4-21)18-25(33)13-9-20-7-10-23(29)11-8-20/h7-11,13,21-22,24H,2-6,12,14-19H2,1H3,(H2,30,31). The van der Waals surface area contributed by atoms with E-state index in [0.29, 0.717) is 18.4 Å². The zero-order valence-electron chi connectivity index (χ0n) is 20.3. The van der Waals surface area contributed by atoms with Crippen molar-refractivity contribution in [3.63, 3.8) is 0 Å². The molecule has 0 spiro atoms. The van der Waals surface area contributed by atoms with Crippen LogP contribution in [0.3, 0.4) is 0 Å². The lowest BCUT2D eigenvalue weighted by Crippen LogP contribution is -2.41. The number of allylic oxidation sites excluding steroid dienone is 1. The van der Waals surface area contributed by atoms with Crippen molar-refractivity contribution in [2.45, 2.75) is 77.2 Å². The number of nitrogens with two attached hydrogens (primary N) is 1. The Hall–Kier alpha value is -1.69. The van der Waals surface area contributed by atoms with E-state index in [-0.39, 0.29) is 5.78 Å². The molecular weight excluding hydrogens is 462 g/mol. The van der Waals surface area contributed by atoms with E-state index in [4.69, 9.17) is 17.3 Å². The number of rotatable bonds is 10. The van der Waals surface area contributed by atoms with Crippen LogP contribution in [0, 0.1) is 11.8 Å². The first kappa shape index (κ1) is 25.4. The van der Waals surface area contributed by atoms with Crippen molar-refractivity contribution in [3.8, 4) is 0 Å². The molecule has 4 rings (SSSR count). The highest BCUT2D eigenvalue weighted by molar-refractivity contribution is 7.15. The van der Waals surface area contributed by atoms with Crippen molar-refractivity contribution in [1.82, 2.24) is 9.88 Å². The quantitative estimate of drug-likeness (QED) is 0.364. The lowest BCUT2D eigenvalue weighted by atomic mass is 9.78. The molecule has 0 amide bonds. The van der Waals surface area contributed by atoms with Gasteiger partial charge in [0.25, 0.3) is 0 Å². The van der Waals surface area contributed by atoms with Crippen LogP contribution in [-0.4, -0.2) is 34.8 Å². The minimum atomic E-state index is 0.243. The van der Waals surface area contributed by atoms with Gasteiger partial charge < -0.3 is 10.6 Å². The Morgan fingerprint density at radius 3 is 2.62 bits per heavy atom. The summed E-state index contributed by atoms with van der Waals surface area (Å²) in [5.41, 5.74) is 8.21. The monoisotopic (exact) mass is 499 g/mol. The number of nitrogen functional groups attached to an aromatic ring is 1. The molecular formula is C28H38ClN3OS. The van der Waals surface area contributed by atoms with E-state index in [0.717, 1.165) is 34.5 Å². The van der Waals surface area contributed by atoms with Crippen LogP contribution in [0.2, 0.25) is 5.02 Å². The molecule has 0 bridgehead atoms. The number of aryl methyl sites for hydroxylation is 1. The number of ketones is 1. The smallest absolute Gasteiger partial charge is 0.180 e. The minimum Gasteiger partial charge on any atom is -0.375 e. The maximum Gasteiger partial charge on any atom is 0.180 e. The third-order valence-electron chi connectivity index (χ3n) is 7.57. The van der Waals surface area contributed by atoms with Gasteiger partial charge in [-0.1, -0.05) is 49.6 Å². The first-order chi connectivity index (χ1) is 16.5. The molecule has 0 radical (unpaired) electrons. The Morgan fingerprint density at radius 1 is 1.15 bits per heavy atom. The number of fused-ring (bicyclic) bond motifs is 1. The molecule has 1 fully saturated rings. The number of thiazole rings is 1. The summed E-state index contributed by atoms with van der Waals surface area (Å²) < 4.78 is 0. The lowest BCUT2D eigenvalue weighted by molar-refractivity contribution is -0.115. The fraction of sp³-hybridized carbons (Fsp3) is 0.571. The zero-order chi connectivity index (χ0) is 23.9. The summed E-state index contributed by atoms with van der Waals surface area (Å²) in [5.74, 6) is 1.58. The summed E-state index contributed by atoms with van der Waals surface area (Å²) >= 11 is 7.61. The number of hydrogen-bond acceptors (Lipinski definition) is 5. The van der Waals surface area contributed by atoms with E-state index in [1.54, 1.807) is 17.4 Å². The van der Waals surface area contributed by atoms with Crippen LogP contribution >= 0.6 is 22.9 Å². The van der Waals surface area contributed by atoms with Crippen molar-refractivity contribution in [1.29, 1.82) is 0 Å². The molecule has 0 saturated heterocycles. The number of aromatic nitrogens is 1. The molecule has 1 unspecified atom stereocenters. The summed E-state index contributed by atoms with van der Waals surface area (Å²) in [6.07, 6.45) is 15.1. The van der Waals surface area contributed by atoms with Gasteiger partial charge in [0.05, 0.1) is 5.69 Å². The van der Waals surface area contributed by atoms with Gasteiger partial charge in [-0.2, -0.15) is 0 Å². The normalized spacial score (nSPS) is 22.9. The van der Waals surface area contributed by atoms with Gasteiger partial charge in [-0.15, -0.1) is 11.3 Å². The van der Waals surface area contributed by atoms with Gasteiger partial charge >= 0.3 is 0 Å². The van der Waals surface area contributed by atoms with Crippen LogP contribution in [-0.2, 0) is 17.6 Å². The molecule has 34 heavy (non-hydrogen) atoms. The Morgan fingerprint density at radius 2 is 1.88 bits per heavy atom. The minimum absolute atomic E-state index is 0.243. The van der Waals surface area contributed by atoms with Crippen LogP contribution in [0.1, 0.15) is 74.4 Å². The topological polar surface area (TPSA) is 59.2 Å². The van der Waals surface area contributed by atoms with Crippen LogP contribution in [0.5, 0.6) is 0 Å². The molecule has 1 aromatic carbocycles. The Kier molecular flexibility index (Phi) is 9.21. The van der Waals surface area contributed by atoms with Crippen molar-refractivity contribution in [2.75, 3.05) is 18.8 Å². The second kappa shape index (κ2) is 12.3. The maximum atomic E-state index is 12.5. The van der Waals surface area contributed by atoms with Crippen molar-refractivity contribution in [2.24, 2.45) is 11.8 Å². The van der Waals surface area contributed by atoms with E-state index in [1.807, 2.05) is 30.3 Å². The Balaban J connectivity index is 1.19. The molecule has 6 heteroatoms. The fourth-order valence-corrected chi connectivity index (χ4v) is 6.72. The summed E-state index contributed by atoms with van der Waals surface area (Å²) in [7, 11) is 0. The molecule has 1 aromatic heterocycles. The predicted molar refractivity (Wildman–Crippen MR) is 144 cm³/mol. The van der Waals surface area contributed by atoms with Crippen molar-refractivity contribution >= 4 is 39.9 Å². The van der Waals surface area contributed by atoms with Crippen LogP contribution in [0.15, 0.2) is 30.3 Å². The summed E-state index contributed by atoms with van der Waals surface area (Å²) in [6.45, 7) is 4.66. The van der Waals surface area contributed by atoms with Crippen molar-refractivity contribution < 1.29 is 4.79 Å². The van der Waals surface area contributed by atoms with Gasteiger partial charge in [-0.3, -0.25) is 4.79 Å². The molecule has 2 aliphatic rings. The predicted octanol–water partition coefficient (Wildman–Crippen LogP) is 6.82. The molecule has 1 atom stereocenters. The average Bonchev–Trinajstić information content (AvgIpc) is 3.21.